The summed E-state index contributed by atoms with van der Waals surface area (Å²) < 4.78 is 0. The molecule has 0 aliphatic heterocycles. The van der Waals surface area contributed by atoms with Crippen LogP contribution in [0.3, 0.4) is 0 Å². The van der Waals surface area contributed by atoms with Gasteiger partial charge in [0.05, 0.1) is 0 Å². The van der Waals surface area contributed by atoms with E-state index in [1.54, 1.807) is 0 Å². The van der Waals surface area contributed by atoms with E-state index in [0.29, 0.717) is 0 Å². The van der Waals surface area contributed by atoms with Crippen molar-refractivity contribution >= 4 is 0 Å². The van der Waals surface area contributed by atoms with Gasteiger partial charge in [-0.25, -0.2) is 0 Å². The Labute approximate surface area is 181 Å². The zero-order chi connectivity index (χ0) is 21.4. The Hall–Kier alpha value is -3.12. The van der Waals surface area contributed by atoms with Gasteiger partial charge in [0.1, 0.15) is 0 Å². The first kappa shape index (κ1) is 20.2. The van der Waals surface area contributed by atoms with Crippen LogP contribution in [-0.2, 0) is 0 Å². The van der Waals surface area contributed by atoms with E-state index in [-0.39, 0.29) is 0 Å². The molecule has 0 amide bonds. The molecule has 0 aliphatic rings. The Bertz CT molecular complexity index is 1100. The summed E-state index contributed by atoms with van der Waals surface area (Å²) in [6.07, 6.45) is 0. The number of hydrogen-bond acceptors (Lipinski definition) is 0. The van der Waals surface area contributed by atoms with E-state index in [4.69, 9.17) is 0 Å². The lowest BCUT2D eigenvalue weighted by Crippen LogP contribution is -1.94. The third kappa shape index (κ3) is 3.59. The summed E-state index contributed by atoms with van der Waals surface area (Å²) in [6, 6.07) is 26.9. The minimum atomic E-state index is 1.29. The van der Waals surface area contributed by atoms with Crippen molar-refractivity contribution in [2.24, 2.45) is 0 Å². The highest BCUT2D eigenvalue weighted by atomic mass is 14.2. The van der Waals surface area contributed by atoms with Gasteiger partial charge in [0.2, 0.25) is 0 Å². The fourth-order valence-electron chi connectivity index (χ4n) is 4.67. The van der Waals surface area contributed by atoms with E-state index in [9.17, 15) is 0 Å². The number of aryl methyl sites for hydroxylation is 6. The molecule has 0 nitrogen and oxygen atoms in total. The Morgan fingerprint density at radius 2 is 0.700 bits per heavy atom. The topological polar surface area (TPSA) is 0 Å². The van der Waals surface area contributed by atoms with Gasteiger partial charge >= 0.3 is 0 Å². The van der Waals surface area contributed by atoms with Crippen LogP contribution in [-0.4, -0.2) is 0 Å². The summed E-state index contributed by atoms with van der Waals surface area (Å²) >= 11 is 0. The van der Waals surface area contributed by atoms with Crippen molar-refractivity contribution < 1.29 is 0 Å². The van der Waals surface area contributed by atoms with Gasteiger partial charge in [0.15, 0.2) is 0 Å². The second kappa shape index (κ2) is 7.95. The maximum absolute atomic E-state index is 2.38. The smallest absolute Gasteiger partial charge is 0.0125 e. The van der Waals surface area contributed by atoms with Gasteiger partial charge < -0.3 is 0 Å². The van der Waals surface area contributed by atoms with Gasteiger partial charge in [-0.15, -0.1) is 0 Å². The number of benzene rings is 4. The van der Waals surface area contributed by atoms with Gasteiger partial charge in [0.25, 0.3) is 0 Å². The van der Waals surface area contributed by atoms with Crippen LogP contribution in [0.5, 0.6) is 0 Å². The second-order valence-corrected chi connectivity index (χ2v) is 8.59. The second-order valence-electron chi connectivity index (χ2n) is 8.59. The minimum Gasteiger partial charge on any atom is -0.0617 e. The molecule has 0 atom stereocenters. The highest BCUT2D eigenvalue weighted by molar-refractivity contribution is 5.83. The summed E-state index contributed by atoms with van der Waals surface area (Å²) in [5.41, 5.74) is 15.9. The van der Waals surface area contributed by atoms with Crippen molar-refractivity contribution in [2.45, 2.75) is 41.5 Å². The fourth-order valence-corrected chi connectivity index (χ4v) is 4.67. The average Bonchev–Trinajstić information content (AvgIpc) is 2.70. The molecule has 0 spiro atoms. The molecular formula is C30H30. The molecule has 4 aromatic carbocycles. The van der Waals surface area contributed by atoms with E-state index >= 15 is 0 Å². The van der Waals surface area contributed by atoms with Gasteiger partial charge in [-0.2, -0.15) is 0 Å². The third-order valence-electron chi connectivity index (χ3n) is 6.30. The first-order chi connectivity index (χ1) is 14.4. The number of rotatable bonds is 3. The molecule has 0 heterocycles. The lowest BCUT2D eigenvalue weighted by molar-refractivity contribution is 1.35. The molecule has 0 aromatic heterocycles. The van der Waals surface area contributed by atoms with Crippen molar-refractivity contribution in [3.8, 4) is 33.4 Å². The molecule has 0 radical (unpaired) electrons. The van der Waals surface area contributed by atoms with Crippen LogP contribution in [0.4, 0.5) is 0 Å². The fraction of sp³-hybridized carbons (Fsp3) is 0.200. The quantitative estimate of drug-likeness (QED) is 0.329. The van der Waals surface area contributed by atoms with Crippen LogP contribution in [0.2, 0.25) is 0 Å². The zero-order valence-electron chi connectivity index (χ0n) is 18.9. The van der Waals surface area contributed by atoms with Crippen molar-refractivity contribution in [1.29, 1.82) is 0 Å². The zero-order valence-corrected chi connectivity index (χ0v) is 18.9. The summed E-state index contributed by atoms with van der Waals surface area (Å²) in [6.45, 7) is 13.2. The SMILES string of the molecule is Cc1ccc(-c2c(C)cccc2C)cc1-c1cc(-c2c(C)cccc2C)ccc1C. The Kier molecular flexibility index (Phi) is 5.35. The van der Waals surface area contributed by atoms with Crippen molar-refractivity contribution in [3.05, 3.63) is 106 Å². The van der Waals surface area contributed by atoms with Gasteiger partial charge in [-0.05, 0) is 120 Å². The summed E-state index contributed by atoms with van der Waals surface area (Å²) in [4.78, 5) is 0. The van der Waals surface area contributed by atoms with Crippen LogP contribution >= 0.6 is 0 Å². The lowest BCUT2D eigenvalue weighted by atomic mass is 9.87. The molecule has 0 heteroatoms. The van der Waals surface area contributed by atoms with Crippen molar-refractivity contribution in [2.75, 3.05) is 0 Å². The van der Waals surface area contributed by atoms with Crippen molar-refractivity contribution in [3.63, 3.8) is 0 Å². The van der Waals surface area contributed by atoms with Crippen LogP contribution in [0.1, 0.15) is 33.4 Å². The standard InChI is InChI=1S/C30H30/c1-19-13-15-25(29-21(3)9-7-10-22(29)4)17-27(19)28-18-26(16-14-20(28)2)30-23(5)11-8-12-24(30)6/h7-18H,1-6H3. The van der Waals surface area contributed by atoms with Gasteiger partial charge in [0, 0.05) is 0 Å². The molecule has 0 aliphatic carbocycles. The molecular weight excluding hydrogens is 360 g/mol. The predicted octanol–water partition coefficient (Wildman–Crippen LogP) is 8.54. The molecule has 0 unspecified atom stereocenters. The molecule has 0 saturated carbocycles. The lowest BCUT2D eigenvalue weighted by Gasteiger charge is -2.17. The first-order valence-electron chi connectivity index (χ1n) is 10.7. The van der Waals surface area contributed by atoms with E-state index in [0.717, 1.165) is 0 Å². The molecule has 0 fully saturated rings. The van der Waals surface area contributed by atoms with E-state index in [2.05, 4.69) is 114 Å². The molecule has 0 N–H and O–H groups in total. The normalized spacial score (nSPS) is 11.0. The van der Waals surface area contributed by atoms with Crippen LogP contribution in [0.25, 0.3) is 33.4 Å². The maximum atomic E-state index is 2.38. The molecule has 0 bridgehead atoms. The summed E-state index contributed by atoms with van der Waals surface area (Å²) in [5, 5.41) is 0. The molecule has 0 saturated heterocycles. The first-order valence-corrected chi connectivity index (χ1v) is 10.7. The van der Waals surface area contributed by atoms with Crippen molar-refractivity contribution in [1.82, 2.24) is 0 Å². The average molecular weight is 391 g/mol. The summed E-state index contributed by atoms with van der Waals surface area (Å²) in [5.74, 6) is 0. The predicted molar refractivity (Wildman–Crippen MR) is 131 cm³/mol. The third-order valence-corrected chi connectivity index (χ3v) is 6.30. The van der Waals surface area contributed by atoms with Gasteiger partial charge in [-0.1, -0.05) is 60.7 Å². The highest BCUT2D eigenvalue weighted by Gasteiger charge is 2.13. The Balaban J connectivity index is 1.91. The Morgan fingerprint density at radius 1 is 0.367 bits per heavy atom. The Morgan fingerprint density at radius 3 is 1.03 bits per heavy atom. The largest absolute Gasteiger partial charge is 0.0617 e. The van der Waals surface area contributed by atoms with E-state index in [1.165, 1.54) is 66.8 Å². The molecule has 4 rings (SSSR count). The van der Waals surface area contributed by atoms with Gasteiger partial charge in [-0.3, -0.25) is 0 Å². The number of hydrogen-bond donors (Lipinski definition) is 0. The van der Waals surface area contributed by atoms with Crippen LogP contribution < -0.4 is 0 Å². The highest BCUT2D eigenvalue weighted by Crippen LogP contribution is 2.37. The molecule has 150 valence electrons. The maximum Gasteiger partial charge on any atom is -0.0125 e. The minimum absolute atomic E-state index is 1.29. The molecule has 30 heavy (non-hydrogen) atoms. The molecule has 4 aromatic rings. The van der Waals surface area contributed by atoms with E-state index < -0.39 is 0 Å². The summed E-state index contributed by atoms with van der Waals surface area (Å²) in [7, 11) is 0. The van der Waals surface area contributed by atoms with Crippen LogP contribution in [0, 0.1) is 41.5 Å². The van der Waals surface area contributed by atoms with E-state index in [1.807, 2.05) is 0 Å². The van der Waals surface area contributed by atoms with Crippen LogP contribution in [0.15, 0.2) is 72.8 Å². The monoisotopic (exact) mass is 390 g/mol.